The molecule has 2 rings (SSSR count). The Morgan fingerprint density at radius 2 is 1.70 bits per heavy atom. The minimum Gasteiger partial charge on any atom is -0.334 e. The first-order valence-corrected chi connectivity index (χ1v) is 9.23. The van der Waals surface area contributed by atoms with E-state index in [0.29, 0.717) is 12.1 Å². The predicted octanol–water partition coefficient (Wildman–Crippen LogP) is 4.37. The zero-order chi connectivity index (χ0) is 19.8. The lowest BCUT2D eigenvalue weighted by Gasteiger charge is -2.20. The van der Waals surface area contributed by atoms with Crippen LogP contribution >= 0.6 is 0 Å². The van der Waals surface area contributed by atoms with Crippen LogP contribution < -0.4 is 10.6 Å². The molecular weight excluding hydrogens is 348 g/mol. The first kappa shape index (κ1) is 20.8. The van der Waals surface area contributed by atoms with Gasteiger partial charge in [0.25, 0.3) is 0 Å². The van der Waals surface area contributed by atoms with Crippen LogP contribution in [0.4, 0.5) is 13.6 Å². The van der Waals surface area contributed by atoms with E-state index in [4.69, 9.17) is 0 Å². The van der Waals surface area contributed by atoms with Crippen LogP contribution in [0.3, 0.4) is 0 Å². The average Bonchev–Trinajstić information content (AvgIpc) is 2.67. The van der Waals surface area contributed by atoms with Gasteiger partial charge in [0.1, 0.15) is 0 Å². The van der Waals surface area contributed by atoms with Gasteiger partial charge in [-0.2, -0.15) is 0 Å². The van der Waals surface area contributed by atoms with Crippen molar-refractivity contribution in [1.29, 1.82) is 0 Å². The SMILES string of the molecule is CCN(CC)Cc1ccccc1CNC(=O)NC(C)c1ccc(F)c(F)c1. The lowest BCUT2D eigenvalue weighted by molar-refractivity contribution is 0.237. The molecule has 0 aliphatic carbocycles. The summed E-state index contributed by atoms with van der Waals surface area (Å²) in [5.41, 5.74) is 2.74. The van der Waals surface area contributed by atoms with Crippen LogP contribution in [-0.4, -0.2) is 24.0 Å². The predicted molar refractivity (Wildman–Crippen MR) is 103 cm³/mol. The van der Waals surface area contributed by atoms with E-state index in [0.717, 1.165) is 37.3 Å². The maximum Gasteiger partial charge on any atom is 0.315 e. The number of halogens is 2. The molecule has 1 atom stereocenters. The Morgan fingerprint density at radius 1 is 1.04 bits per heavy atom. The molecule has 0 saturated carbocycles. The number of amides is 2. The van der Waals surface area contributed by atoms with Crippen molar-refractivity contribution in [3.8, 4) is 0 Å². The fourth-order valence-electron chi connectivity index (χ4n) is 2.86. The number of hydrogen-bond acceptors (Lipinski definition) is 2. The Labute approximate surface area is 159 Å². The molecule has 0 fully saturated rings. The van der Waals surface area contributed by atoms with Gasteiger partial charge in [0.15, 0.2) is 11.6 Å². The number of nitrogens with one attached hydrogen (secondary N) is 2. The van der Waals surface area contributed by atoms with Crippen LogP contribution in [0.25, 0.3) is 0 Å². The first-order valence-electron chi connectivity index (χ1n) is 9.23. The molecule has 6 heteroatoms. The third kappa shape index (κ3) is 6.03. The Balaban J connectivity index is 1.94. The van der Waals surface area contributed by atoms with E-state index in [1.807, 2.05) is 18.2 Å². The fraction of sp³-hybridized carbons (Fsp3) is 0.381. The summed E-state index contributed by atoms with van der Waals surface area (Å²) in [6.45, 7) is 9.12. The second-order valence-corrected chi connectivity index (χ2v) is 6.45. The molecule has 0 bridgehead atoms. The topological polar surface area (TPSA) is 44.4 Å². The lowest BCUT2D eigenvalue weighted by Crippen LogP contribution is -2.37. The summed E-state index contributed by atoms with van der Waals surface area (Å²) in [7, 11) is 0. The number of nitrogens with zero attached hydrogens (tertiary/aromatic N) is 1. The van der Waals surface area contributed by atoms with Gasteiger partial charge in [-0.25, -0.2) is 13.6 Å². The molecule has 27 heavy (non-hydrogen) atoms. The summed E-state index contributed by atoms with van der Waals surface area (Å²) in [5.74, 6) is -1.83. The molecule has 2 aromatic carbocycles. The molecule has 146 valence electrons. The van der Waals surface area contributed by atoms with E-state index in [-0.39, 0.29) is 6.03 Å². The Bertz CT molecular complexity index is 763. The van der Waals surface area contributed by atoms with Crippen molar-refractivity contribution >= 4 is 6.03 Å². The third-order valence-corrected chi connectivity index (χ3v) is 4.64. The van der Waals surface area contributed by atoms with Crippen LogP contribution in [0.15, 0.2) is 42.5 Å². The highest BCUT2D eigenvalue weighted by Gasteiger charge is 2.13. The highest BCUT2D eigenvalue weighted by molar-refractivity contribution is 5.74. The zero-order valence-electron chi connectivity index (χ0n) is 16.1. The van der Waals surface area contributed by atoms with Gasteiger partial charge in [-0.15, -0.1) is 0 Å². The molecule has 2 N–H and O–H groups in total. The fourth-order valence-corrected chi connectivity index (χ4v) is 2.86. The molecule has 2 amide bonds. The summed E-state index contributed by atoms with van der Waals surface area (Å²) in [6.07, 6.45) is 0. The molecule has 4 nitrogen and oxygen atoms in total. The highest BCUT2D eigenvalue weighted by atomic mass is 19.2. The van der Waals surface area contributed by atoms with Gasteiger partial charge in [-0.05, 0) is 48.8 Å². The van der Waals surface area contributed by atoms with Crippen LogP contribution in [0.2, 0.25) is 0 Å². The number of urea groups is 1. The first-order chi connectivity index (χ1) is 12.9. The minimum absolute atomic E-state index is 0.357. The number of benzene rings is 2. The molecule has 0 aliphatic rings. The quantitative estimate of drug-likeness (QED) is 0.720. The van der Waals surface area contributed by atoms with Crippen LogP contribution in [0.5, 0.6) is 0 Å². The van der Waals surface area contributed by atoms with Crippen molar-refractivity contribution in [3.05, 3.63) is 70.8 Å². The van der Waals surface area contributed by atoms with Crippen molar-refractivity contribution in [2.45, 2.75) is 39.9 Å². The summed E-state index contributed by atoms with van der Waals surface area (Å²) in [5, 5.41) is 5.59. The van der Waals surface area contributed by atoms with E-state index in [1.165, 1.54) is 11.6 Å². The van der Waals surface area contributed by atoms with Crippen molar-refractivity contribution < 1.29 is 13.6 Å². The second-order valence-electron chi connectivity index (χ2n) is 6.45. The lowest BCUT2D eigenvalue weighted by atomic mass is 10.1. The molecular formula is C21H27F2N3O. The minimum atomic E-state index is -0.924. The largest absolute Gasteiger partial charge is 0.334 e. The smallest absolute Gasteiger partial charge is 0.315 e. The maximum atomic E-state index is 13.3. The molecule has 0 radical (unpaired) electrons. The summed E-state index contributed by atoms with van der Waals surface area (Å²) in [6, 6.07) is 10.8. The zero-order valence-corrected chi connectivity index (χ0v) is 16.1. The van der Waals surface area contributed by atoms with Crippen molar-refractivity contribution in [2.24, 2.45) is 0 Å². The van der Waals surface area contributed by atoms with E-state index >= 15 is 0 Å². The van der Waals surface area contributed by atoms with E-state index in [2.05, 4.69) is 35.4 Å². The number of rotatable bonds is 8. The van der Waals surface area contributed by atoms with Gasteiger partial charge in [-0.3, -0.25) is 4.90 Å². The van der Waals surface area contributed by atoms with Crippen LogP contribution in [-0.2, 0) is 13.1 Å². The molecule has 0 aliphatic heterocycles. The van der Waals surface area contributed by atoms with Gasteiger partial charge >= 0.3 is 6.03 Å². The normalized spacial score (nSPS) is 12.1. The highest BCUT2D eigenvalue weighted by Crippen LogP contribution is 2.16. The second kappa shape index (κ2) is 10.0. The van der Waals surface area contributed by atoms with Gasteiger partial charge < -0.3 is 10.6 Å². The van der Waals surface area contributed by atoms with Crippen molar-refractivity contribution in [3.63, 3.8) is 0 Å². The summed E-state index contributed by atoms with van der Waals surface area (Å²) in [4.78, 5) is 14.5. The molecule has 0 heterocycles. The van der Waals surface area contributed by atoms with Gasteiger partial charge in [0.2, 0.25) is 0 Å². The number of hydrogen-bond donors (Lipinski definition) is 2. The summed E-state index contributed by atoms with van der Waals surface area (Å²) >= 11 is 0. The van der Waals surface area contributed by atoms with E-state index < -0.39 is 17.7 Å². The monoisotopic (exact) mass is 375 g/mol. The maximum absolute atomic E-state index is 13.3. The molecule has 2 aromatic rings. The molecule has 0 aromatic heterocycles. The van der Waals surface area contributed by atoms with Crippen LogP contribution in [0.1, 0.15) is 43.5 Å². The number of carbonyl (C=O) groups excluding carboxylic acids is 1. The summed E-state index contributed by atoms with van der Waals surface area (Å²) < 4.78 is 26.4. The van der Waals surface area contributed by atoms with Gasteiger partial charge in [-0.1, -0.05) is 44.2 Å². The number of carbonyl (C=O) groups is 1. The average molecular weight is 375 g/mol. The Kier molecular flexibility index (Phi) is 7.73. The molecule has 0 spiro atoms. The van der Waals surface area contributed by atoms with Gasteiger partial charge in [0, 0.05) is 13.1 Å². The molecule has 1 unspecified atom stereocenters. The van der Waals surface area contributed by atoms with Gasteiger partial charge in [0.05, 0.1) is 6.04 Å². The van der Waals surface area contributed by atoms with Crippen molar-refractivity contribution in [2.75, 3.05) is 13.1 Å². The Hall–Kier alpha value is -2.47. The van der Waals surface area contributed by atoms with Crippen molar-refractivity contribution in [1.82, 2.24) is 15.5 Å². The standard InChI is InChI=1S/C21H27F2N3O/c1-4-26(5-2)14-18-9-7-6-8-17(18)13-24-21(27)25-15(3)16-10-11-19(22)20(23)12-16/h6-12,15H,4-5,13-14H2,1-3H3,(H2,24,25,27). The Morgan fingerprint density at radius 3 is 2.33 bits per heavy atom. The van der Waals surface area contributed by atoms with E-state index in [1.54, 1.807) is 6.92 Å². The van der Waals surface area contributed by atoms with Crippen LogP contribution in [0, 0.1) is 11.6 Å². The van der Waals surface area contributed by atoms with E-state index in [9.17, 15) is 13.6 Å². The molecule has 0 saturated heterocycles. The third-order valence-electron chi connectivity index (χ3n) is 4.64.